The third-order valence-corrected chi connectivity index (χ3v) is 4.00. The molecule has 0 aromatic rings. The van der Waals surface area contributed by atoms with Gasteiger partial charge in [-0.05, 0) is 45.1 Å². The van der Waals surface area contributed by atoms with Crippen LogP contribution in [0.25, 0.3) is 0 Å². The molecule has 0 aromatic heterocycles. The Kier molecular flexibility index (Phi) is 16.9. The first-order valence-electron chi connectivity index (χ1n) is 9.62. The Bertz CT molecular complexity index is 287. The first kappa shape index (κ1) is 22.2. The number of allylic oxidation sites excluding steroid dienone is 2. The van der Waals surface area contributed by atoms with Crippen molar-refractivity contribution in [3.63, 3.8) is 0 Å². The van der Waals surface area contributed by atoms with Gasteiger partial charge in [0.05, 0.1) is 7.11 Å². The minimum absolute atomic E-state index is 0.0760. The Labute approximate surface area is 144 Å². The Morgan fingerprint density at radius 1 is 0.870 bits per heavy atom. The molecule has 0 aromatic carbocycles. The molecule has 3 nitrogen and oxygen atoms in total. The third kappa shape index (κ3) is 19.1. The molecule has 0 spiro atoms. The van der Waals surface area contributed by atoms with E-state index in [0.29, 0.717) is 12.5 Å². The van der Waals surface area contributed by atoms with Crippen LogP contribution in [0.15, 0.2) is 12.2 Å². The molecule has 0 saturated heterocycles. The summed E-state index contributed by atoms with van der Waals surface area (Å²) in [4.78, 5) is 10.9. The highest BCUT2D eigenvalue weighted by Gasteiger charge is 1.98. The summed E-state index contributed by atoms with van der Waals surface area (Å²) in [6.45, 7) is 5.54. The largest absolute Gasteiger partial charge is 0.469 e. The molecule has 0 radical (unpaired) electrons. The number of methoxy groups -OCH3 is 1. The first-order valence-corrected chi connectivity index (χ1v) is 9.62. The lowest BCUT2D eigenvalue weighted by Gasteiger charge is -2.06. The molecule has 0 aliphatic rings. The van der Waals surface area contributed by atoms with Gasteiger partial charge < -0.3 is 10.1 Å². The highest BCUT2D eigenvalue weighted by Crippen LogP contribution is 2.10. The zero-order chi connectivity index (χ0) is 17.2. The van der Waals surface area contributed by atoms with Crippen molar-refractivity contribution in [3.05, 3.63) is 12.2 Å². The Morgan fingerprint density at radius 2 is 1.39 bits per heavy atom. The fourth-order valence-corrected chi connectivity index (χ4v) is 2.53. The third-order valence-electron chi connectivity index (χ3n) is 4.00. The van der Waals surface area contributed by atoms with Crippen molar-refractivity contribution in [3.8, 4) is 0 Å². The molecule has 0 atom stereocenters. The summed E-state index contributed by atoms with van der Waals surface area (Å²) in [6, 6.07) is 0.610. The van der Waals surface area contributed by atoms with Crippen molar-refractivity contribution in [1.82, 2.24) is 5.32 Å². The topological polar surface area (TPSA) is 38.3 Å². The van der Waals surface area contributed by atoms with Crippen LogP contribution in [0.4, 0.5) is 0 Å². The summed E-state index contributed by atoms with van der Waals surface area (Å²) in [6.07, 6.45) is 18.9. The minimum atomic E-state index is -0.0760. The molecule has 0 fully saturated rings. The van der Waals surface area contributed by atoms with Crippen molar-refractivity contribution < 1.29 is 9.53 Å². The second-order valence-corrected chi connectivity index (χ2v) is 6.67. The predicted octanol–water partition coefficient (Wildman–Crippen LogP) is 5.39. The van der Waals surface area contributed by atoms with Gasteiger partial charge in [0.2, 0.25) is 0 Å². The van der Waals surface area contributed by atoms with E-state index >= 15 is 0 Å². The van der Waals surface area contributed by atoms with Crippen LogP contribution in [0.5, 0.6) is 0 Å². The summed E-state index contributed by atoms with van der Waals surface area (Å²) >= 11 is 0. The van der Waals surface area contributed by atoms with Gasteiger partial charge in [0.15, 0.2) is 0 Å². The number of ether oxygens (including phenoxy) is 1. The van der Waals surface area contributed by atoms with E-state index < -0.39 is 0 Å². The van der Waals surface area contributed by atoms with Crippen LogP contribution >= 0.6 is 0 Å². The van der Waals surface area contributed by atoms with Gasteiger partial charge in [-0.25, -0.2) is 0 Å². The van der Waals surface area contributed by atoms with Crippen molar-refractivity contribution >= 4 is 5.97 Å². The van der Waals surface area contributed by atoms with Crippen LogP contribution in [0.1, 0.15) is 90.9 Å². The minimum Gasteiger partial charge on any atom is -0.469 e. The normalized spacial score (nSPS) is 11.5. The average Bonchev–Trinajstić information content (AvgIpc) is 2.53. The highest BCUT2D eigenvalue weighted by atomic mass is 16.5. The molecule has 3 heteroatoms. The van der Waals surface area contributed by atoms with Crippen molar-refractivity contribution in [2.75, 3.05) is 13.7 Å². The monoisotopic (exact) mass is 325 g/mol. The number of esters is 1. The van der Waals surface area contributed by atoms with Gasteiger partial charge >= 0.3 is 5.97 Å². The van der Waals surface area contributed by atoms with E-state index in [2.05, 4.69) is 36.1 Å². The second kappa shape index (κ2) is 17.5. The number of carbonyl (C=O) groups excluding carboxylic acids is 1. The predicted molar refractivity (Wildman–Crippen MR) is 99.7 cm³/mol. The standard InChI is InChI=1S/C20H39NO2/c1-19(2)21-18-16-14-12-10-8-6-4-5-7-9-11-13-15-17-20(22)23-3/h8,10,19,21H,4-7,9,11-18H2,1-3H3/b10-8-. The lowest BCUT2D eigenvalue weighted by molar-refractivity contribution is -0.140. The maximum Gasteiger partial charge on any atom is 0.305 e. The molecule has 136 valence electrons. The van der Waals surface area contributed by atoms with E-state index in [4.69, 9.17) is 0 Å². The SMILES string of the molecule is COC(=O)CCCCCCCCC/C=C\CCCCNC(C)C. The van der Waals surface area contributed by atoms with Crippen LogP contribution in [0.3, 0.4) is 0 Å². The van der Waals surface area contributed by atoms with Gasteiger partial charge in [0, 0.05) is 12.5 Å². The molecule has 0 heterocycles. The first-order chi connectivity index (χ1) is 11.2. The quantitative estimate of drug-likeness (QED) is 0.235. The van der Waals surface area contributed by atoms with Crippen molar-refractivity contribution in [2.24, 2.45) is 0 Å². The Hall–Kier alpha value is -0.830. The molecule has 0 saturated carbocycles. The van der Waals surface area contributed by atoms with E-state index in [-0.39, 0.29) is 5.97 Å². The maximum absolute atomic E-state index is 10.9. The summed E-state index contributed by atoms with van der Waals surface area (Å²) in [7, 11) is 1.46. The van der Waals surface area contributed by atoms with Crippen LogP contribution in [0, 0.1) is 0 Å². The molecular formula is C20H39NO2. The molecule has 0 bridgehead atoms. The van der Waals surface area contributed by atoms with E-state index in [1.54, 1.807) is 0 Å². The fraction of sp³-hybridized carbons (Fsp3) is 0.850. The number of hydrogen-bond acceptors (Lipinski definition) is 3. The number of hydrogen-bond donors (Lipinski definition) is 1. The van der Waals surface area contributed by atoms with Gasteiger partial charge in [-0.3, -0.25) is 4.79 Å². The second-order valence-electron chi connectivity index (χ2n) is 6.67. The molecule has 1 N–H and O–H groups in total. The van der Waals surface area contributed by atoms with E-state index in [9.17, 15) is 4.79 Å². The van der Waals surface area contributed by atoms with Crippen LogP contribution in [0.2, 0.25) is 0 Å². The fourth-order valence-electron chi connectivity index (χ4n) is 2.53. The van der Waals surface area contributed by atoms with Gasteiger partial charge in [-0.2, -0.15) is 0 Å². The number of nitrogens with one attached hydrogen (secondary N) is 1. The lowest BCUT2D eigenvalue weighted by Crippen LogP contribution is -2.23. The van der Waals surface area contributed by atoms with Crippen LogP contribution < -0.4 is 5.32 Å². The Balaban J connectivity index is 3.12. The highest BCUT2D eigenvalue weighted by molar-refractivity contribution is 5.68. The van der Waals surface area contributed by atoms with Crippen LogP contribution in [-0.2, 0) is 9.53 Å². The molecule has 0 aliphatic carbocycles. The number of unbranched alkanes of at least 4 members (excludes halogenated alkanes) is 9. The zero-order valence-electron chi connectivity index (χ0n) is 15.7. The summed E-state index contributed by atoms with van der Waals surface area (Å²) in [5, 5.41) is 3.45. The summed E-state index contributed by atoms with van der Waals surface area (Å²) in [5.74, 6) is -0.0760. The van der Waals surface area contributed by atoms with Crippen molar-refractivity contribution in [2.45, 2.75) is 96.9 Å². The summed E-state index contributed by atoms with van der Waals surface area (Å²) < 4.78 is 4.63. The van der Waals surface area contributed by atoms with Gasteiger partial charge in [-0.15, -0.1) is 0 Å². The number of rotatable bonds is 16. The van der Waals surface area contributed by atoms with Gasteiger partial charge in [0.25, 0.3) is 0 Å². The molecule has 23 heavy (non-hydrogen) atoms. The summed E-state index contributed by atoms with van der Waals surface area (Å²) in [5.41, 5.74) is 0. The van der Waals surface area contributed by atoms with E-state index in [0.717, 1.165) is 19.4 Å². The van der Waals surface area contributed by atoms with Crippen molar-refractivity contribution in [1.29, 1.82) is 0 Å². The van der Waals surface area contributed by atoms with Gasteiger partial charge in [-0.1, -0.05) is 58.1 Å². The molecule has 0 rings (SSSR count). The van der Waals surface area contributed by atoms with Crippen LogP contribution in [-0.4, -0.2) is 25.7 Å². The molecular weight excluding hydrogens is 286 g/mol. The molecule has 0 amide bonds. The smallest absolute Gasteiger partial charge is 0.305 e. The van der Waals surface area contributed by atoms with E-state index in [1.807, 2.05) is 0 Å². The Morgan fingerprint density at radius 3 is 1.96 bits per heavy atom. The maximum atomic E-state index is 10.9. The van der Waals surface area contributed by atoms with E-state index in [1.165, 1.54) is 64.9 Å². The number of carbonyl (C=O) groups is 1. The average molecular weight is 326 g/mol. The zero-order valence-corrected chi connectivity index (χ0v) is 15.7. The molecule has 0 aliphatic heterocycles. The lowest BCUT2D eigenvalue weighted by atomic mass is 10.1. The molecule has 0 unspecified atom stereocenters. The van der Waals surface area contributed by atoms with Gasteiger partial charge in [0.1, 0.15) is 0 Å².